The first-order valence-corrected chi connectivity index (χ1v) is 4.99. The third-order valence-corrected chi connectivity index (χ3v) is 2.44. The normalized spacial score (nSPS) is 10.0. The molecule has 0 unspecified atom stereocenters. The third kappa shape index (κ3) is 2.94. The minimum Gasteiger partial charge on any atom is -0.507 e. The molecule has 0 aliphatic rings. The Hall–Kier alpha value is -1.57. The molecule has 0 aliphatic carbocycles. The van der Waals surface area contributed by atoms with Crippen LogP contribution in [0.4, 0.5) is 0 Å². The first kappa shape index (κ1) is 11.5. The average Bonchev–Trinajstić information content (AvgIpc) is 2.22. The highest BCUT2D eigenvalue weighted by Gasteiger charge is 2.04. The van der Waals surface area contributed by atoms with E-state index in [9.17, 15) is 9.90 Å². The van der Waals surface area contributed by atoms with E-state index < -0.39 is 0 Å². The zero-order valence-corrected chi connectivity index (χ0v) is 9.21. The molecule has 1 N–H and O–H groups in total. The molecular weight excluding hydrogens is 188 g/mol. The van der Waals surface area contributed by atoms with E-state index in [4.69, 9.17) is 0 Å². The van der Waals surface area contributed by atoms with E-state index in [1.54, 1.807) is 0 Å². The van der Waals surface area contributed by atoms with Gasteiger partial charge in [0.1, 0.15) is 5.75 Å². The van der Waals surface area contributed by atoms with E-state index >= 15 is 0 Å². The maximum Gasteiger partial charge on any atom is 0.155 e. The lowest BCUT2D eigenvalue weighted by Crippen LogP contribution is -1.96. The van der Waals surface area contributed by atoms with Crippen LogP contribution in [0, 0.1) is 13.8 Å². The molecule has 0 saturated carbocycles. The Balaban J connectivity index is 2.79. The van der Waals surface area contributed by atoms with Gasteiger partial charge in [-0.25, -0.2) is 0 Å². The minimum atomic E-state index is 0.0541. The topological polar surface area (TPSA) is 37.3 Å². The van der Waals surface area contributed by atoms with Gasteiger partial charge in [0.2, 0.25) is 0 Å². The summed E-state index contributed by atoms with van der Waals surface area (Å²) < 4.78 is 0. The molecule has 0 radical (unpaired) electrons. The predicted octanol–water partition coefficient (Wildman–Crippen LogP) is 2.70. The van der Waals surface area contributed by atoms with E-state index in [1.165, 1.54) is 6.08 Å². The number of benzene rings is 1. The van der Waals surface area contributed by atoms with Gasteiger partial charge in [-0.2, -0.15) is 0 Å². The number of aryl methyl sites for hydroxylation is 3. The first-order chi connectivity index (χ1) is 7.04. The number of phenols is 1. The van der Waals surface area contributed by atoms with Crippen LogP contribution in [0.25, 0.3) is 0 Å². The van der Waals surface area contributed by atoms with E-state index in [0.29, 0.717) is 18.6 Å². The van der Waals surface area contributed by atoms with Crippen LogP contribution in [0.2, 0.25) is 0 Å². The molecule has 0 heterocycles. The lowest BCUT2D eigenvalue weighted by molar-refractivity contribution is -0.114. The molecule has 15 heavy (non-hydrogen) atoms. The van der Waals surface area contributed by atoms with Crippen LogP contribution in [0.15, 0.2) is 24.8 Å². The average molecular weight is 204 g/mol. The fraction of sp³-hybridized carbons (Fsp3) is 0.308. The Labute approximate surface area is 90.3 Å². The molecule has 2 heteroatoms. The Morgan fingerprint density at radius 3 is 2.40 bits per heavy atom. The van der Waals surface area contributed by atoms with Gasteiger partial charge in [-0.05, 0) is 43.0 Å². The summed E-state index contributed by atoms with van der Waals surface area (Å²) >= 11 is 0. The highest BCUT2D eigenvalue weighted by atomic mass is 16.3. The van der Waals surface area contributed by atoms with Crippen LogP contribution in [0.5, 0.6) is 5.75 Å². The van der Waals surface area contributed by atoms with E-state index in [2.05, 4.69) is 6.58 Å². The molecule has 2 nitrogen and oxygen atoms in total. The second kappa shape index (κ2) is 4.78. The van der Waals surface area contributed by atoms with Crippen molar-refractivity contribution in [3.63, 3.8) is 0 Å². The summed E-state index contributed by atoms with van der Waals surface area (Å²) in [6, 6.07) is 3.83. The van der Waals surface area contributed by atoms with E-state index in [-0.39, 0.29) is 5.78 Å². The van der Waals surface area contributed by atoms with Crippen LogP contribution in [0.1, 0.15) is 23.1 Å². The van der Waals surface area contributed by atoms with Gasteiger partial charge in [0.05, 0.1) is 0 Å². The van der Waals surface area contributed by atoms with E-state index in [1.807, 2.05) is 26.0 Å². The number of carbonyl (C=O) groups excluding carboxylic acids is 1. The first-order valence-electron chi connectivity index (χ1n) is 4.99. The van der Waals surface area contributed by atoms with Gasteiger partial charge in [0.15, 0.2) is 5.78 Å². The Kier molecular flexibility index (Phi) is 3.67. The zero-order chi connectivity index (χ0) is 11.4. The zero-order valence-electron chi connectivity index (χ0n) is 9.21. The quantitative estimate of drug-likeness (QED) is 0.766. The fourth-order valence-electron chi connectivity index (χ4n) is 1.56. The molecule has 0 aliphatic heterocycles. The van der Waals surface area contributed by atoms with Crippen LogP contribution in [-0.2, 0) is 11.2 Å². The van der Waals surface area contributed by atoms with Crippen molar-refractivity contribution in [3.8, 4) is 5.75 Å². The number of rotatable bonds is 4. The molecule has 0 fully saturated rings. The van der Waals surface area contributed by atoms with Crippen molar-refractivity contribution in [1.82, 2.24) is 0 Å². The summed E-state index contributed by atoms with van der Waals surface area (Å²) in [5.41, 5.74) is 2.80. The van der Waals surface area contributed by atoms with Crippen molar-refractivity contribution < 1.29 is 9.90 Å². The molecule has 1 rings (SSSR count). The smallest absolute Gasteiger partial charge is 0.155 e. The molecule has 0 aromatic heterocycles. The van der Waals surface area contributed by atoms with Gasteiger partial charge >= 0.3 is 0 Å². The summed E-state index contributed by atoms with van der Waals surface area (Å²) in [6.07, 6.45) is 2.53. The number of allylic oxidation sites excluding steroid dienone is 1. The van der Waals surface area contributed by atoms with Crippen LogP contribution in [0.3, 0.4) is 0 Å². The van der Waals surface area contributed by atoms with Crippen molar-refractivity contribution in [2.45, 2.75) is 26.7 Å². The van der Waals surface area contributed by atoms with Crippen LogP contribution in [-0.4, -0.2) is 10.9 Å². The van der Waals surface area contributed by atoms with Gasteiger partial charge in [-0.3, -0.25) is 4.79 Å². The predicted molar refractivity (Wildman–Crippen MR) is 61.1 cm³/mol. The highest BCUT2D eigenvalue weighted by Crippen LogP contribution is 2.23. The van der Waals surface area contributed by atoms with Gasteiger partial charge < -0.3 is 5.11 Å². The second-order valence-corrected chi connectivity index (χ2v) is 3.75. The summed E-state index contributed by atoms with van der Waals surface area (Å²) in [7, 11) is 0. The Bertz CT molecular complexity index is 369. The number of carbonyl (C=O) groups is 1. The molecule has 80 valence electrons. The van der Waals surface area contributed by atoms with Crippen LogP contribution >= 0.6 is 0 Å². The standard InChI is InChI=1S/C13H16O2/c1-4-12(14)6-5-11-7-9(2)13(15)10(3)8-11/h4,7-8,15H,1,5-6H2,2-3H3. The molecule has 0 spiro atoms. The van der Waals surface area contributed by atoms with Crippen molar-refractivity contribution in [3.05, 3.63) is 41.5 Å². The minimum absolute atomic E-state index is 0.0541. The van der Waals surface area contributed by atoms with Crippen LogP contribution < -0.4 is 0 Å². The molecular formula is C13H16O2. The van der Waals surface area contributed by atoms with Crippen molar-refractivity contribution >= 4 is 5.78 Å². The van der Waals surface area contributed by atoms with E-state index in [0.717, 1.165) is 16.7 Å². The number of hydrogen-bond acceptors (Lipinski definition) is 2. The lowest BCUT2D eigenvalue weighted by Gasteiger charge is -2.06. The number of phenolic OH excluding ortho intramolecular Hbond substituents is 1. The van der Waals surface area contributed by atoms with Crippen molar-refractivity contribution in [2.75, 3.05) is 0 Å². The number of hydrogen-bond donors (Lipinski definition) is 1. The molecule has 1 aromatic rings. The molecule has 0 atom stereocenters. The molecule has 0 saturated heterocycles. The molecule has 0 amide bonds. The summed E-state index contributed by atoms with van der Waals surface area (Å²) in [5.74, 6) is 0.396. The maximum atomic E-state index is 11.1. The molecule has 1 aromatic carbocycles. The lowest BCUT2D eigenvalue weighted by atomic mass is 10.0. The SMILES string of the molecule is C=CC(=O)CCc1cc(C)c(O)c(C)c1. The highest BCUT2D eigenvalue weighted by molar-refractivity contribution is 5.89. The summed E-state index contributed by atoms with van der Waals surface area (Å²) in [5, 5.41) is 9.57. The van der Waals surface area contributed by atoms with Gasteiger partial charge in [0, 0.05) is 6.42 Å². The Morgan fingerprint density at radius 1 is 1.40 bits per heavy atom. The van der Waals surface area contributed by atoms with Gasteiger partial charge in [0.25, 0.3) is 0 Å². The third-order valence-electron chi connectivity index (χ3n) is 2.44. The fourth-order valence-corrected chi connectivity index (χ4v) is 1.56. The number of ketones is 1. The summed E-state index contributed by atoms with van der Waals surface area (Å²) in [4.78, 5) is 11.1. The maximum absolute atomic E-state index is 11.1. The largest absolute Gasteiger partial charge is 0.507 e. The second-order valence-electron chi connectivity index (χ2n) is 3.75. The summed E-state index contributed by atoms with van der Waals surface area (Å²) in [6.45, 7) is 7.16. The van der Waals surface area contributed by atoms with Crippen molar-refractivity contribution in [2.24, 2.45) is 0 Å². The van der Waals surface area contributed by atoms with Crippen molar-refractivity contribution in [1.29, 1.82) is 0 Å². The molecule has 0 bridgehead atoms. The Morgan fingerprint density at radius 2 is 1.93 bits per heavy atom. The number of aromatic hydroxyl groups is 1. The van der Waals surface area contributed by atoms with Gasteiger partial charge in [-0.1, -0.05) is 18.7 Å². The van der Waals surface area contributed by atoms with Gasteiger partial charge in [-0.15, -0.1) is 0 Å². The monoisotopic (exact) mass is 204 g/mol.